The predicted octanol–water partition coefficient (Wildman–Crippen LogP) is -0.0837. The molecule has 20 heavy (non-hydrogen) atoms. The average molecular weight is 303 g/mol. The van der Waals surface area contributed by atoms with Crippen LogP contribution in [0.2, 0.25) is 0 Å². The monoisotopic (exact) mass is 303 g/mol. The van der Waals surface area contributed by atoms with Gasteiger partial charge in [0.2, 0.25) is 15.9 Å². The topological polar surface area (TPSA) is 78.5 Å². The molecular weight excluding hydrogens is 278 g/mol. The number of nitrogens with zero attached hydrogens (tertiary/aromatic N) is 1. The van der Waals surface area contributed by atoms with Crippen LogP contribution in [0.3, 0.4) is 0 Å². The Hall–Kier alpha value is -0.660. The summed E-state index contributed by atoms with van der Waals surface area (Å²) in [7, 11) is -3.40. The Morgan fingerprint density at radius 3 is 2.30 bits per heavy atom. The molecule has 0 atom stereocenters. The normalized spacial score (nSPS) is 23.2. The number of nitrogens with one attached hydrogen (secondary N) is 2. The van der Waals surface area contributed by atoms with Gasteiger partial charge in [-0.3, -0.25) is 4.79 Å². The number of likely N-dealkylation sites (tertiary alicyclic amines) is 1. The lowest BCUT2D eigenvalue weighted by molar-refractivity contribution is -0.138. The van der Waals surface area contributed by atoms with Gasteiger partial charge in [-0.2, -0.15) is 0 Å². The fourth-order valence-electron chi connectivity index (χ4n) is 3.31. The highest BCUT2D eigenvalue weighted by Gasteiger charge is 2.41. The van der Waals surface area contributed by atoms with E-state index in [2.05, 4.69) is 10.0 Å². The minimum atomic E-state index is -3.40. The largest absolute Gasteiger partial charge is 0.341 e. The van der Waals surface area contributed by atoms with E-state index in [1.807, 2.05) is 0 Å². The third-order valence-corrected chi connectivity index (χ3v) is 5.30. The molecule has 2 rings (SSSR count). The third-order valence-electron chi connectivity index (χ3n) is 4.42. The second-order valence-electron chi connectivity index (χ2n) is 6.72. The van der Waals surface area contributed by atoms with Gasteiger partial charge in [-0.1, -0.05) is 0 Å². The van der Waals surface area contributed by atoms with Gasteiger partial charge in [0.1, 0.15) is 5.54 Å². The third kappa shape index (κ3) is 3.51. The molecule has 2 fully saturated rings. The van der Waals surface area contributed by atoms with Crippen LogP contribution in [0.4, 0.5) is 0 Å². The van der Waals surface area contributed by atoms with Crippen molar-refractivity contribution in [2.45, 2.75) is 38.6 Å². The van der Waals surface area contributed by atoms with Gasteiger partial charge >= 0.3 is 0 Å². The standard InChI is InChI=1S/C13H25N3O3S/c1-12(2,15-20(3,18)19)11(17)16-8-5-13(6-9-16)4-7-14-10-13/h14-15H,4-10H2,1-3H3. The lowest BCUT2D eigenvalue weighted by Gasteiger charge is -2.41. The lowest BCUT2D eigenvalue weighted by atomic mass is 9.77. The molecule has 116 valence electrons. The smallest absolute Gasteiger partial charge is 0.243 e. The van der Waals surface area contributed by atoms with Crippen LogP contribution in [0.1, 0.15) is 33.1 Å². The summed E-state index contributed by atoms with van der Waals surface area (Å²) in [5.74, 6) is -0.135. The van der Waals surface area contributed by atoms with Crippen LogP contribution < -0.4 is 10.0 Å². The number of carbonyl (C=O) groups is 1. The first-order valence-electron chi connectivity index (χ1n) is 7.13. The van der Waals surface area contributed by atoms with Gasteiger partial charge < -0.3 is 10.2 Å². The van der Waals surface area contributed by atoms with Crippen molar-refractivity contribution in [2.24, 2.45) is 5.41 Å². The second-order valence-corrected chi connectivity index (χ2v) is 8.47. The molecule has 0 aromatic carbocycles. The number of hydrogen-bond acceptors (Lipinski definition) is 4. The summed E-state index contributed by atoms with van der Waals surface area (Å²) in [6.07, 6.45) is 4.26. The predicted molar refractivity (Wildman–Crippen MR) is 77.8 cm³/mol. The van der Waals surface area contributed by atoms with Crippen LogP contribution in [0, 0.1) is 5.41 Å². The zero-order valence-corrected chi connectivity index (χ0v) is 13.3. The SMILES string of the molecule is CC(C)(NS(C)(=O)=O)C(=O)N1CCC2(CCNC2)CC1. The van der Waals surface area contributed by atoms with E-state index in [1.54, 1.807) is 18.7 Å². The van der Waals surface area contributed by atoms with Gasteiger partial charge in [-0.05, 0) is 45.1 Å². The van der Waals surface area contributed by atoms with Crippen LogP contribution in [-0.4, -0.2) is 57.2 Å². The van der Waals surface area contributed by atoms with Gasteiger partial charge in [0, 0.05) is 19.6 Å². The molecule has 0 aliphatic carbocycles. The Morgan fingerprint density at radius 1 is 1.25 bits per heavy atom. The van der Waals surface area contributed by atoms with Crippen molar-refractivity contribution in [3.8, 4) is 0 Å². The van der Waals surface area contributed by atoms with Crippen molar-refractivity contribution in [3.05, 3.63) is 0 Å². The highest BCUT2D eigenvalue weighted by atomic mass is 32.2. The molecule has 0 radical (unpaired) electrons. The Labute approximate surface area is 121 Å². The summed E-state index contributed by atoms with van der Waals surface area (Å²) >= 11 is 0. The molecule has 7 heteroatoms. The quantitative estimate of drug-likeness (QED) is 0.764. The lowest BCUT2D eigenvalue weighted by Crippen LogP contribution is -2.57. The molecule has 1 amide bonds. The van der Waals surface area contributed by atoms with Crippen LogP contribution in [0.5, 0.6) is 0 Å². The van der Waals surface area contributed by atoms with E-state index in [1.165, 1.54) is 6.42 Å². The molecule has 1 spiro atoms. The first-order chi connectivity index (χ1) is 9.14. The van der Waals surface area contributed by atoms with Crippen molar-refractivity contribution in [1.29, 1.82) is 0 Å². The molecular formula is C13H25N3O3S. The maximum atomic E-state index is 12.5. The Morgan fingerprint density at radius 2 is 1.85 bits per heavy atom. The first kappa shape index (κ1) is 15.7. The van der Waals surface area contributed by atoms with E-state index in [0.717, 1.165) is 45.3 Å². The highest BCUT2D eigenvalue weighted by Crippen LogP contribution is 2.37. The summed E-state index contributed by atoms with van der Waals surface area (Å²) in [5.41, 5.74) is -0.725. The number of rotatable bonds is 3. The molecule has 2 aliphatic heterocycles. The van der Waals surface area contributed by atoms with E-state index in [4.69, 9.17) is 0 Å². The maximum Gasteiger partial charge on any atom is 0.243 e. The van der Waals surface area contributed by atoms with Crippen LogP contribution >= 0.6 is 0 Å². The Bertz CT molecular complexity index is 471. The van der Waals surface area contributed by atoms with Gasteiger partial charge in [-0.15, -0.1) is 0 Å². The summed E-state index contributed by atoms with van der Waals surface area (Å²) in [5, 5.41) is 3.39. The van der Waals surface area contributed by atoms with Crippen molar-refractivity contribution >= 4 is 15.9 Å². The van der Waals surface area contributed by atoms with Gasteiger partial charge in [0.25, 0.3) is 0 Å². The molecule has 2 N–H and O–H groups in total. The Balaban J connectivity index is 1.97. The van der Waals surface area contributed by atoms with Gasteiger partial charge in [-0.25, -0.2) is 13.1 Å². The number of amides is 1. The molecule has 0 bridgehead atoms. The number of sulfonamides is 1. The molecule has 2 aliphatic rings. The maximum absolute atomic E-state index is 12.5. The first-order valence-corrected chi connectivity index (χ1v) is 9.02. The van der Waals surface area contributed by atoms with E-state index in [0.29, 0.717) is 5.41 Å². The zero-order chi connectivity index (χ0) is 15.0. The molecule has 0 aromatic heterocycles. The summed E-state index contributed by atoms with van der Waals surface area (Å²) in [4.78, 5) is 14.3. The molecule has 0 aromatic rings. The molecule has 2 saturated heterocycles. The van der Waals surface area contributed by atoms with Crippen molar-refractivity contribution in [2.75, 3.05) is 32.4 Å². The minimum absolute atomic E-state index is 0.135. The molecule has 6 nitrogen and oxygen atoms in total. The zero-order valence-electron chi connectivity index (χ0n) is 12.5. The fourth-order valence-corrected chi connectivity index (χ4v) is 4.32. The summed E-state index contributed by atoms with van der Waals surface area (Å²) in [6.45, 7) is 6.79. The van der Waals surface area contributed by atoms with Crippen molar-refractivity contribution in [3.63, 3.8) is 0 Å². The highest BCUT2D eigenvalue weighted by molar-refractivity contribution is 7.88. The number of piperidine rings is 1. The fraction of sp³-hybridized carbons (Fsp3) is 0.923. The summed E-state index contributed by atoms with van der Waals surface area (Å²) < 4.78 is 25.1. The average Bonchev–Trinajstić information content (AvgIpc) is 2.75. The molecule has 2 heterocycles. The van der Waals surface area contributed by atoms with Crippen LogP contribution in [-0.2, 0) is 14.8 Å². The van der Waals surface area contributed by atoms with Crippen molar-refractivity contribution < 1.29 is 13.2 Å². The van der Waals surface area contributed by atoms with E-state index >= 15 is 0 Å². The van der Waals surface area contributed by atoms with E-state index < -0.39 is 15.6 Å². The van der Waals surface area contributed by atoms with Crippen LogP contribution in [0.15, 0.2) is 0 Å². The Kier molecular flexibility index (Phi) is 4.15. The molecule has 0 unspecified atom stereocenters. The van der Waals surface area contributed by atoms with Gasteiger partial charge in [0.05, 0.1) is 6.26 Å². The van der Waals surface area contributed by atoms with Crippen LogP contribution in [0.25, 0.3) is 0 Å². The van der Waals surface area contributed by atoms with Gasteiger partial charge in [0.15, 0.2) is 0 Å². The summed E-state index contributed by atoms with van der Waals surface area (Å²) in [6, 6.07) is 0. The number of carbonyl (C=O) groups excluding carboxylic acids is 1. The van der Waals surface area contributed by atoms with E-state index in [9.17, 15) is 13.2 Å². The number of hydrogen-bond donors (Lipinski definition) is 2. The molecule has 0 saturated carbocycles. The minimum Gasteiger partial charge on any atom is -0.341 e. The van der Waals surface area contributed by atoms with E-state index in [-0.39, 0.29) is 5.91 Å². The second kappa shape index (κ2) is 5.27. The van der Waals surface area contributed by atoms with Crippen molar-refractivity contribution in [1.82, 2.24) is 14.9 Å².